The number of hydrogen-bond acceptors (Lipinski definition) is 5. The van der Waals surface area contributed by atoms with Gasteiger partial charge in [0.05, 0.1) is 13.2 Å². The summed E-state index contributed by atoms with van der Waals surface area (Å²) in [6.45, 7) is 0. The van der Waals surface area contributed by atoms with Crippen LogP contribution in [-0.4, -0.2) is 53.5 Å². The molecule has 0 aromatic carbocycles. The minimum atomic E-state index is -0.959. The van der Waals surface area contributed by atoms with Crippen LogP contribution in [0.3, 0.4) is 0 Å². The Labute approximate surface area is 129 Å². The Hall–Kier alpha value is -1.66. The highest BCUT2D eigenvalue weighted by Crippen LogP contribution is 2.48. The number of carbonyl (C=O) groups excluding carboxylic acids is 2. The van der Waals surface area contributed by atoms with Crippen molar-refractivity contribution in [3.63, 3.8) is 0 Å². The maximum atomic E-state index is 12.2. The number of nitrogens with zero attached hydrogens (tertiary/aromatic N) is 1. The normalized spacial score (nSPS) is 37.2. The molecule has 0 fully saturated rings. The van der Waals surface area contributed by atoms with Crippen LogP contribution in [0.25, 0.3) is 0 Å². The topological polar surface area (TPSA) is 87.1 Å². The number of likely N-dealkylation sites (tertiary alicyclic amines) is 1. The smallest absolute Gasteiger partial charge is 0.315 e. The van der Waals surface area contributed by atoms with Gasteiger partial charge in [-0.05, 0) is 37.2 Å². The van der Waals surface area contributed by atoms with Crippen molar-refractivity contribution in [3.05, 3.63) is 23.3 Å². The first-order valence-electron chi connectivity index (χ1n) is 7.51. The van der Waals surface area contributed by atoms with Gasteiger partial charge < -0.3 is 19.8 Å². The van der Waals surface area contributed by atoms with Crippen LogP contribution in [0, 0.1) is 11.3 Å². The summed E-state index contributed by atoms with van der Waals surface area (Å²) in [5, 5.41) is 20.3. The average Bonchev–Trinajstić information content (AvgIpc) is 3.14. The number of esters is 1. The summed E-state index contributed by atoms with van der Waals surface area (Å²) in [4.78, 5) is 25.6. The van der Waals surface area contributed by atoms with Gasteiger partial charge in [0.2, 0.25) is 0 Å². The molecule has 4 atom stereocenters. The zero-order chi connectivity index (χ0) is 16.1. The van der Waals surface area contributed by atoms with E-state index >= 15 is 0 Å². The van der Waals surface area contributed by atoms with E-state index in [0.717, 1.165) is 5.57 Å². The lowest BCUT2D eigenvalue weighted by atomic mass is 9.74. The van der Waals surface area contributed by atoms with Crippen molar-refractivity contribution in [1.29, 1.82) is 0 Å². The van der Waals surface area contributed by atoms with Crippen molar-refractivity contribution < 1.29 is 24.5 Å². The van der Waals surface area contributed by atoms with Crippen molar-refractivity contribution in [2.45, 2.75) is 38.0 Å². The van der Waals surface area contributed by atoms with Crippen LogP contribution >= 0.6 is 0 Å². The number of aliphatic hydroxyl groups excluding tert-OH is 2. The molecule has 6 heteroatoms. The Bertz CT molecular complexity index is 581. The molecule has 0 aromatic rings. The number of rotatable bonds is 3. The molecular weight excluding hydrogens is 286 g/mol. The summed E-state index contributed by atoms with van der Waals surface area (Å²) in [7, 11) is 2.91. The number of amides is 1. The highest BCUT2D eigenvalue weighted by Gasteiger charge is 2.51. The van der Waals surface area contributed by atoms with Crippen molar-refractivity contribution >= 4 is 11.9 Å². The molecule has 6 nitrogen and oxygen atoms in total. The number of ether oxygens (including phenoxy) is 1. The maximum absolute atomic E-state index is 12.2. The number of methoxy groups -OCH3 is 1. The van der Waals surface area contributed by atoms with Crippen LogP contribution in [-0.2, 0) is 14.3 Å². The van der Waals surface area contributed by atoms with E-state index in [1.807, 2.05) is 0 Å². The fraction of sp³-hybridized carbons (Fsp3) is 0.625. The van der Waals surface area contributed by atoms with Gasteiger partial charge in [-0.25, -0.2) is 0 Å². The van der Waals surface area contributed by atoms with E-state index in [9.17, 15) is 19.8 Å². The first-order chi connectivity index (χ1) is 10.4. The van der Waals surface area contributed by atoms with Crippen LogP contribution in [0.4, 0.5) is 0 Å². The quantitative estimate of drug-likeness (QED) is 0.580. The number of carbonyl (C=O) groups is 2. The molecule has 0 saturated heterocycles. The van der Waals surface area contributed by atoms with Crippen LogP contribution in [0.2, 0.25) is 0 Å². The van der Waals surface area contributed by atoms with Crippen LogP contribution < -0.4 is 0 Å². The first-order valence-corrected chi connectivity index (χ1v) is 7.51. The van der Waals surface area contributed by atoms with Gasteiger partial charge in [-0.1, -0.05) is 12.2 Å². The molecule has 3 aliphatic rings. The van der Waals surface area contributed by atoms with Crippen molar-refractivity contribution in [2.75, 3.05) is 14.2 Å². The second-order valence-corrected chi connectivity index (χ2v) is 6.50. The standard InChI is InChI=1S/C16H21NO5/c1-17-13(19)10-6-9(7-11(10)14(17)20)8-16(15(21)22-2)5-3-4-12(16)18/h3-4,9,12-13,18-19H,5-8H2,1-2H3. The van der Waals surface area contributed by atoms with E-state index < -0.39 is 23.7 Å². The molecular formula is C16H21NO5. The lowest BCUT2D eigenvalue weighted by molar-refractivity contribution is -0.159. The van der Waals surface area contributed by atoms with Gasteiger partial charge in [0.25, 0.3) is 5.91 Å². The second kappa shape index (κ2) is 5.21. The predicted molar refractivity (Wildman–Crippen MR) is 77.4 cm³/mol. The molecule has 2 aliphatic carbocycles. The summed E-state index contributed by atoms with van der Waals surface area (Å²) in [6, 6.07) is 0. The summed E-state index contributed by atoms with van der Waals surface area (Å²) in [5.74, 6) is -0.491. The Balaban J connectivity index is 1.76. The molecule has 1 amide bonds. The molecule has 0 radical (unpaired) electrons. The van der Waals surface area contributed by atoms with E-state index in [1.54, 1.807) is 19.2 Å². The van der Waals surface area contributed by atoms with E-state index in [4.69, 9.17) is 4.74 Å². The zero-order valence-corrected chi connectivity index (χ0v) is 12.8. The van der Waals surface area contributed by atoms with Crippen LogP contribution in [0.1, 0.15) is 25.7 Å². The molecule has 1 heterocycles. The molecule has 4 unspecified atom stereocenters. The van der Waals surface area contributed by atoms with Gasteiger partial charge >= 0.3 is 5.97 Å². The third kappa shape index (κ3) is 2.01. The lowest BCUT2D eigenvalue weighted by Crippen LogP contribution is -2.41. The molecule has 120 valence electrons. The highest BCUT2D eigenvalue weighted by atomic mass is 16.5. The molecule has 22 heavy (non-hydrogen) atoms. The molecule has 0 saturated carbocycles. The van der Waals surface area contributed by atoms with Crippen molar-refractivity contribution in [3.8, 4) is 0 Å². The maximum Gasteiger partial charge on any atom is 0.315 e. The summed E-state index contributed by atoms with van der Waals surface area (Å²) >= 11 is 0. The molecule has 2 N–H and O–H groups in total. The van der Waals surface area contributed by atoms with Crippen LogP contribution in [0.5, 0.6) is 0 Å². The molecule has 0 bridgehead atoms. The molecule has 3 rings (SSSR count). The monoisotopic (exact) mass is 307 g/mol. The third-order valence-electron chi connectivity index (χ3n) is 5.26. The summed E-state index contributed by atoms with van der Waals surface area (Å²) in [6.07, 6.45) is 3.72. The van der Waals surface area contributed by atoms with E-state index in [-0.39, 0.29) is 11.8 Å². The summed E-state index contributed by atoms with van der Waals surface area (Å²) < 4.78 is 4.89. The van der Waals surface area contributed by atoms with Gasteiger partial charge in [0.1, 0.15) is 5.41 Å². The summed E-state index contributed by atoms with van der Waals surface area (Å²) in [5.41, 5.74) is 0.470. The largest absolute Gasteiger partial charge is 0.468 e. The fourth-order valence-electron chi connectivity index (χ4n) is 4.04. The molecule has 1 aliphatic heterocycles. The fourth-order valence-corrected chi connectivity index (χ4v) is 4.04. The van der Waals surface area contributed by atoms with E-state index in [1.165, 1.54) is 12.0 Å². The molecule has 0 aromatic heterocycles. The average molecular weight is 307 g/mol. The van der Waals surface area contributed by atoms with Gasteiger partial charge in [-0.3, -0.25) is 9.59 Å². The second-order valence-electron chi connectivity index (χ2n) is 6.50. The van der Waals surface area contributed by atoms with Crippen molar-refractivity contribution in [1.82, 2.24) is 4.90 Å². The Morgan fingerprint density at radius 1 is 1.45 bits per heavy atom. The van der Waals surface area contributed by atoms with Gasteiger partial charge in [0, 0.05) is 12.6 Å². The first kappa shape index (κ1) is 15.2. The highest BCUT2D eigenvalue weighted by molar-refractivity contribution is 5.98. The predicted octanol–water partition coefficient (Wildman–Crippen LogP) is 0.354. The zero-order valence-electron chi connectivity index (χ0n) is 12.8. The number of likely N-dealkylation sites (N-methyl/N-ethyl adjacent to an activating group) is 1. The van der Waals surface area contributed by atoms with E-state index in [0.29, 0.717) is 31.3 Å². The van der Waals surface area contributed by atoms with E-state index in [2.05, 4.69) is 0 Å². The Morgan fingerprint density at radius 2 is 2.18 bits per heavy atom. The Morgan fingerprint density at radius 3 is 2.73 bits per heavy atom. The molecule has 0 spiro atoms. The van der Waals surface area contributed by atoms with Gasteiger partial charge in [-0.15, -0.1) is 0 Å². The minimum Gasteiger partial charge on any atom is -0.468 e. The number of hydrogen-bond donors (Lipinski definition) is 2. The van der Waals surface area contributed by atoms with Gasteiger partial charge in [-0.2, -0.15) is 0 Å². The lowest BCUT2D eigenvalue weighted by Gasteiger charge is -2.33. The third-order valence-corrected chi connectivity index (χ3v) is 5.26. The SMILES string of the molecule is COC(=O)C1(CC2CC3=C(C2)C(O)N(C)C3=O)CC=CC1O. The minimum absolute atomic E-state index is 0.0611. The van der Waals surface area contributed by atoms with Crippen LogP contribution in [0.15, 0.2) is 23.3 Å². The Kier molecular flexibility index (Phi) is 3.61. The number of aliphatic hydroxyl groups is 2. The number of allylic oxidation sites excluding steroid dienone is 1. The van der Waals surface area contributed by atoms with Gasteiger partial charge in [0.15, 0.2) is 6.23 Å². The van der Waals surface area contributed by atoms with Crippen molar-refractivity contribution in [2.24, 2.45) is 11.3 Å².